The van der Waals surface area contributed by atoms with Crippen molar-refractivity contribution in [2.75, 3.05) is 13.1 Å². The molecule has 1 aliphatic heterocycles. The number of hydrogen-bond donors (Lipinski definition) is 2. The largest absolute Gasteiger partial charge is 0.480 e. The molecule has 2 fully saturated rings. The first-order chi connectivity index (χ1) is 8.60. The highest BCUT2D eigenvalue weighted by atomic mass is 16.4. The van der Waals surface area contributed by atoms with Gasteiger partial charge in [0.25, 0.3) is 0 Å². The van der Waals surface area contributed by atoms with Crippen LogP contribution < -0.4 is 5.73 Å². The van der Waals surface area contributed by atoms with E-state index in [0.717, 1.165) is 38.5 Å². The fourth-order valence-electron chi connectivity index (χ4n) is 3.31. The number of hydrogen-bond acceptors (Lipinski definition) is 3. The number of aliphatic carboxylic acids is 1. The van der Waals surface area contributed by atoms with Gasteiger partial charge in [-0.1, -0.05) is 19.3 Å². The van der Waals surface area contributed by atoms with Gasteiger partial charge in [-0.25, -0.2) is 4.79 Å². The van der Waals surface area contributed by atoms with Crippen LogP contribution in [0.3, 0.4) is 0 Å². The summed E-state index contributed by atoms with van der Waals surface area (Å²) < 4.78 is 0. The number of amides is 1. The minimum atomic E-state index is -0.885. The Hall–Kier alpha value is -1.10. The number of likely N-dealkylation sites (tertiary alicyclic amines) is 1. The molecule has 0 radical (unpaired) electrons. The Morgan fingerprint density at radius 1 is 1.22 bits per heavy atom. The molecule has 1 amide bonds. The Kier molecular flexibility index (Phi) is 3.90. The monoisotopic (exact) mass is 254 g/mol. The summed E-state index contributed by atoms with van der Waals surface area (Å²) in [5.41, 5.74) is 5.34. The molecular formula is C13H22N2O3. The van der Waals surface area contributed by atoms with Crippen molar-refractivity contribution in [1.82, 2.24) is 4.90 Å². The summed E-state index contributed by atoms with van der Waals surface area (Å²) in [7, 11) is 0. The minimum absolute atomic E-state index is 0.0189. The number of rotatable bonds is 3. The number of carbonyl (C=O) groups excluding carboxylic acids is 1. The van der Waals surface area contributed by atoms with Crippen LogP contribution in [0.25, 0.3) is 0 Å². The summed E-state index contributed by atoms with van der Waals surface area (Å²) in [6.45, 7) is 0.909. The zero-order chi connectivity index (χ0) is 13.2. The Labute approximate surface area is 107 Å². The Morgan fingerprint density at radius 3 is 2.44 bits per heavy atom. The van der Waals surface area contributed by atoms with E-state index in [1.54, 1.807) is 4.90 Å². The number of nitrogens with two attached hydrogens (primary N) is 1. The van der Waals surface area contributed by atoms with Gasteiger partial charge in [0.2, 0.25) is 5.91 Å². The van der Waals surface area contributed by atoms with Crippen molar-refractivity contribution in [3.05, 3.63) is 0 Å². The topological polar surface area (TPSA) is 83.6 Å². The van der Waals surface area contributed by atoms with Crippen LogP contribution in [0, 0.1) is 5.41 Å². The van der Waals surface area contributed by atoms with E-state index in [0.29, 0.717) is 19.5 Å². The van der Waals surface area contributed by atoms with Crippen molar-refractivity contribution in [3.63, 3.8) is 0 Å². The Balaban J connectivity index is 2.15. The van der Waals surface area contributed by atoms with Crippen molar-refractivity contribution in [1.29, 1.82) is 0 Å². The van der Waals surface area contributed by atoms with Gasteiger partial charge in [-0.2, -0.15) is 0 Å². The van der Waals surface area contributed by atoms with E-state index in [2.05, 4.69) is 0 Å². The summed E-state index contributed by atoms with van der Waals surface area (Å²) in [6, 6.07) is -0.636. The lowest BCUT2D eigenvalue weighted by molar-refractivity contribution is -0.154. The third-order valence-corrected chi connectivity index (χ3v) is 4.45. The van der Waals surface area contributed by atoms with E-state index in [-0.39, 0.29) is 5.91 Å². The van der Waals surface area contributed by atoms with Gasteiger partial charge in [0, 0.05) is 13.1 Å². The van der Waals surface area contributed by atoms with Crippen molar-refractivity contribution < 1.29 is 14.7 Å². The molecule has 5 heteroatoms. The molecule has 0 aromatic heterocycles. The molecule has 0 aromatic carbocycles. The van der Waals surface area contributed by atoms with E-state index >= 15 is 0 Å². The van der Waals surface area contributed by atoms with Gasteiger partial charge in [0.1, 0.15) is 6.04 Å². The standard InChI is InChI=1S/C13H22N2O3/c14-9-13(6-2-1-3-7-13)12(18)15-8-4-5-10(15)11(16)17/h10H,1-9,14H2,(H,16,17)/t10-/m0/s1. The molecule has 0 unspecified atom stereocenters. The number of carbonyl (C=O) groups is 2. The van der Waals surface area contributed by atoms with Crippen molar-refractivity contribution in [3.8, 4) is 0 Å². The van der Waals surface area contributed by atoms with Crippen LogP contribution >= 0.6 is 0 Å². The predicted octanol–water partition coefficient (Wildman–Crippen LogP) is 0.971. The number of carboxylic acid groups (broad SMARTS) is 1. The summed E-state index contributed by atoms with van der Waals surface area (Å²) >= 11 is 0. The smallest absolute Gasteiger partial charge is 0.326 e. The zero-order valence-electron chi connectivity index (χ0n) is 10.7. The van der Waals surface area contributed by atoms with E-state index in [1.807, 2.05) is 0 Å². The molecule has 0 spiro atoms. The van der Waals surface area contributed by atoms with E-state index < -0.39 is 17.4 Å². The first kappa shape index (κ1) is 13.3. The van der Waals surface area contributed by atoms with Crippen molar-refractivity contribution in [2.45, 2.75) is 51.0 Å². The maximum absolute atomic E-state index is 12.7. The van der Waals surface area contributed by atoms with Crippen LogP contribution in [0.1, 0.15) is 44.9 Å². The van der Waals surface area contributed by atoms with Crippen LogP contribution in [0.5, 0.6) is 0 Å². The maximum atomic E-state index is 12.7. The summed E-state index contributed by atoms with van der Waals surface area (Å²) in [6.07, 6.45) is 6.17. The minimum Gasteiger partial charge on any atom is -0.480 e. The van der Waals surface area contributed by atoms with E-state index in [4.69, 9.17) is 10.8 Å². The lowest BCUT2D eigenvalue weighted by atomic mass is 9.73. The fourth-order valence-corrected chi connectivity index (χ4v) is 3.31. The second-order valence-electron chi connectivity index (χ2n) is 5.54. The average Bonchev–Trinajstić information content (AvgIpc) is 2.88. The van der Waals surface area contributed by atoms with Crippen LogP contribution in [0.4, 0.5) is 0 Å². The van der Waals surface area contributed by atoms with Gasteiger partial charge in [-0.3, -0.25) is 4.79 Å². The molecule has 5 nitrogen and oxygen atoms in total. The summed E-state index contributed by atoms with van der Waals surface area (Å²) in [5.74, 6) is -0.904. The molecule has 3 N–H and O–H groups in total. The number of nitrogens with zero attached hydrogens (tertiary/aromatic N) is 1. The number of carboxylic acids is 1. The SMILES string of the molecule is NCC1(C(=O)N2CCC[C@H]2C(=O)O)CCCCC1. The molecule has 102 valence electrons. The lowest BCUT2D eigenvalue weighted by Crippen LogP contribution is -2.52. The Bertz CT molecular complexity index is 337. The van der Waals surface area contributed by atoms with Gasteiger partial charge in [0.15, 0.2) is 0 Å². The summed E-state index contributed by atoms with van der Waals surface area (Å²) in [5, 5.41) is 9.16. The predicted molar refractivity (Wildman–Crippen MR) is 66.9 cm³/mol. The molecule has 0 aromatic rings. The molecule has 2 rings (SSSR count). The van der Waals surface area contributed by atoms with Gasteiger partial charge >= 0.3 is 5.97 Å². The molecule has 1 aliphatic carbocycles. The van der Waals surface area contributed by atoms with Gasteiger partial charge < -0.3 is 15.7 Å². The first-order valence-corrected chi connectivity index (χ1v) is 6.85. The van der Waals surface area contributed by atoms with Crippen LogP contribution in [-0.2, 0) is 9.59 Å². The van der Waals surface area contributed by atoms with Crippen LogP contribution in [0.2, 0.25) is 0 Å². The highest BCUT2D eigenvalue weighted by Gasteiger charge is 2.45. The molecule has 2 aliphatic rings. The molecule has 1 atom stereocenters. The van der Waals surface area contributed by atoms with Crippen LogP contribution in [0.15, 0.2) is 0 Å². The normalized spacial score (nSPS) is 27.2. The second-order valence-corrected chi connectivity index (χ2v) is 5.54. The Morgan fingerprint density at radius 2 is 1.89 bits per heavy atom. The second kappa shape index (κ2) is 5.26. The molecule has 0 bridgehead atoms. The van der Waals surface area contributed by atoms with Gasteiger partial charge in [-0.05, 0) is 25.7 Å². The van der Waals surface area contributed by atoms with Gasteiger partial charge in [0.05, 0.1) is 5.41 Å². The van der Waals surface area contributed by atoms with Crippen molar-refractivity contribution >= 4 is 11.9 Å². The highest BCUT2D eigenvalue weighted by Crippen LogP contribution is 2.38. The quantitative estimate of drug-likeness (QED) is 0.786. The third-order valence-electron chi connectivity index (χ3n) is 4.45. The first-order valence-electron chi connectivity index (χ1n) is 6.85. The van der Waals surface area contributed by atoms with E-state index in [1.165, 1.54) is 0 Å². The fraction of sp³-hybridized carbons (Fsp3) is 0.846. The highest BCUT2D eigenvalue weighted by molar-refractivity contribution is 5.88. The van der Waals surface area contributed by atoms with Crippen LogP contribution in [-0.4, -0.2) is 41.0 Å². The summed E-state index contributed by atoms with van der Waals surface area (Å²) in [4.78, 5) is 25.4. The van der Waals surface area contributed by atoms with Crippen molar-refractivity contribution in [2.24, 2.45) is 11.1 Å². The molecule has 18 heavy (non-hydrogen) atoms. The van der Waals surface area contributed by atoms with Gasteiger partial charge in [-0.15, -0.1) is 0 Å². The lowest BCUT2D eigenvalue weighted by Gasteiger charge is -2.39. The zero-order valence-corrected chi connectivity index (χ0v) is 10.7. The molecule has 1 saturated carbocycles. The molecular weight excluding hydrogens is 232 g/mol. The average molecular weight is 254 g/mol. The molecule has 1 saturated heterocycles. The molecule has 1 heterocycles. The van der Waals surface area contributed by atoms with E-state index in [9.17, 15) is 9.59 Å². The third kappa shape index (κ3) is 2.23. The maximum Gasteiger partial charge on any atom is 0.326 e.